The Labute approximate surface area is 169 Å². The number of anilines is 1. The second-order valence-corrected chi connectivity index (χ2v) is 7.66. The van der Waals surface area contributed by atoms with Gasteiger partial charge in [0.1, 0.15) is 0 Å². The number of para-hydroxylation sites is 1. The Hall–Kier alpha value is -2.69. The number of amides is 2. The molecule has 1 fully saturated rings. The number of thiophene rings is 1. The maximum absolute atomic E-state index is 13.1. The van der Waals surface area contributed by atoms with Crippen LogP contribution in [0.15, 0.2) is 47.8 Å². The molecule has 1 atom stereocenters. The smallest absolute Gasteiger partial charge is 0.264 e. The van der Waals surface area contributed by atoms with Crippen LogP contribution in [0.1, 0.15) is 23.0 Å². The van der Waals surface area contributed by atoms with E-state index in [9.17, 15) is 9.59 Å². The highest BCUT2D eigenvalue weighted by molar-refractivity contribution is 7.12. The molecule has 0 aliphatic carbocycles. The molecule has 1 aliphatic rings. The monoisotopic (exact) mass is 396 g/mol. The quantitative estimate of drug-likeness (QED) is 0.753. The molecule has 0 radical (unpaired) electrons. The second kappa shape index (κ2) is 9.49. The number of nitriles is 1. The molecule has 0 saturated carbocycles. The van der Waals surface area contributed by atoms with Crippen molar-refractivity contribution in [2.75, 3.05) is 37.6 Å². The molecule has 2 heterocycles. The second-order valence-electron chi connectivity index (χ2n) is 6.71. The van der Waals surface area contributed by atoms with E-state index >= 15 is 0 Å². The number of piperazine rings is 1. The Morgan fingerprint density at radius 3 is 2.46 bits per heavy atom. The first kappa shape index (κ1) is 20.1. The van der Waals surface area contributed by atoms with Gasteiger partial charge in [0.05, 0.1) is 23.4 Å². The normalized spacial score (nSPS) is 15.6. The van der Waals surface area contributed by atoms with Crippen LogP contribution in [0.2, 0.25) is 0 Å². The minimum atomic E-state index is -0.308. The van der Waals surface area contributed by atoms with Crippen LogP contribution in [-0.4, -0.2) is 60.4 Å². The van der Waals surface area contributed by atoms with Gasteiger partial charge in [0.2, 0.25) is 5.91 Å². The zero-order chi connectivity index (χ0) is 19.9. The number of benzene rings is 1. The van der Waals surface area contributed by atoms with Crippen LogP contribution in [0.5, 0.6) is 0 Å². The first-order chi connectivity index (χ1) is 13.6. The predicted molar refractivity (Wildman–Crippen MR) is 110 cm³/mol. The fourth-order valence-electron chi connectivity index (χ4n) is 3.39. The molecule has 1 aromatic heterocycles. The highest BCUT2D eigenvalue weighted by atomic mass is 32.1. The Bertz CT molecular complexity index is 824. The lowest BCUT2D eigenvalue weighted by molar-refractivity contribution is -0.123. The van der Waals surface area contributed by atoms with Crippen molar-refractivity contribution in [3.05, 3.63) is 52.7 Å². The van der Waals surface area contributed by atoms with Crippen LogP contribution >= 0.6 is 11.3 Å². The fraction of sp³-hybridized carbons (Fsp3) is 0.381. The van der Waals surface area contributed by atoms with E-state index in [1.165, 1.54) is 11.3 Å². The van der Waals surface area contributed by atoms with Crippen LogP contribution in [0.25, 0.3) is 0 Å². The van der Waals surface area contributed by atoms with E-state index in [1.807, 2.05) is 59.7 Å². The molecular formula is C21H24N4O2S. The molecule has 1 aliphatic heterocycles. The number of hydrogen-bond acceptors (Lipinski definition) is 5. The van der Waals surface area contributed by atoms with Crippen LogP contribution in [-0.2, 0) is 4.79 Å². The minimum absolute atomic E-state index is 0.0144. The fourth-order valence-corrected chi connectivity index (χ4v) is 4.08. The Morgan fingerprint density at radius 2 is 1.86 bits per heavy atom. The van der Waals surface area contributed by atoms with Crippen LogP contribution in [0, 0.1) is 11.3 Å². The molecule has 0 spiro atoms. The molecule has 28 heavy (non-hydrogen) atoms. The van der Waals surface area contributed by atoms with Crippen molar-refractivity contribution in [3.63, 3.8) is 0 Å². The van der Waals surface area contributed by atoms with Gasteiger partial charge < -0.3 is 9.80 Å². The predicted octanol–water partition coefficient (Wildman–Crippen LogP) is 2.84. The lowest BCUT2D eigenvalue weighted by Crippen LogP contribution is -2.55. The average molecular weight is 397 g/mol. The standard InChI is InChI=1S/C21H24N4O2S/c1-17(20(26)25(11-6-10-22)18-7-3-2-4-8-18)23-12-14-24(15-13-23)21(27)19-9-5-16-28-19/h2-5,7-9,16-17H,6,11-15H2,1H3/t17-/m1/s1. The number of nitrogens with zero attached hydrogens (tertiary/aromatic N) is 4. The van der Waals surface area contributed by atoms with E-state index in [0.717, 1.165) is 10.6 Å². The van der Waals surface area contributed by atoms with Crippen molar-refractivity contribution >= 4 is 28.8 Å². The summed E-state index contributed by atoms with van der Waals surface area (Å²) in [4.78, 5) is 32.1. The summed E-state index contributed by atoms with van der Waals surface area (Å²) >= 11 is 1.45. The Kier molecular flexibility index (Phi) is 6.80. The van der Waals surface area contributed by atoms with E-state index in [4.69, 9.17) is 5.26 Å². The van der Waals surface area contributed by atoms with E-state index in [0.29, 0.717) is 32.7 Å². The largest absolute Gasteiger partial charge is 0.335 e. The van der Waals surface area contributed by atoms with Crippen LogP contribution in [0.3, 0.4) is 0 Å². The van der Waals surface area contributed by atoms with Crippen molar-refractivity contribution in [1.29, 1.82) is 5.26 Å². The third-order valence-corrected chi connectivity index (χ3v) is 5.88. The van der Waals surface area contributed by atoms with E-state index in [-0.39, 0.29) is 24.3 Å². The number of carbonyl (C=O) groups is 2. The lowest BCUT2D eigenvalue weighted by atomic mass is 10.1. The van der Waals surface area contributed by atoms with E-state index in [2.05, 4.69) is 11.0 Å². The maximum atomic E-state index is 13.1. The van der Waals surface area contributed by atoms with Gasteiger partial charge in [-0.3, -0.25) is 14.5 Å². The van der Waals surface area contributed by atoms with Crippen LogP contribution < -0.4 is 4.90 Å². The van der Waals surface area contributed by atoms with Gasteiger partial charge in [-0.25, -0.2) is 0 Å². The summed E-state index contributed by atoms with van der Waals surface area (Å²) in [6.07, 6.45) is 0.288. The summed E-state index contributed by atoms with van der Waals surface area (Å²) < 4.78 is 0. The average Bonchev–Trinajstić information content (AvgIpc) is 3.28. The van der Waals surface area contributed by atoms with Gasteiger partial charge in [-0.2, -0.15) is 5.26 Å². The minimum Gasteiger partial charge on any atom is -0.335 e. The zero-order valence-electron chi connectivity index (χ0n) is 16.0. The maximum Gasteiger partial charge on any atom is 0.264 e. The molecule has 2 amide bonds. The highest BCUT2D eigenvalue weighted by Crippen LogP contribution is 2.19. The van der Waals surface area contributed by atoms with Crippen molar-refractivity contribution in [1.82, 2.24) is 9.80 Å². The molecule has 146 valence electrons. The van der Waals surface area contributed by atoms with Crippen molar-refractivity contribution in [3.8, 4) is 6.07 Å². The van der Waals surface area contributed by atoms with Gasteiger partial charge >= 0.3 is 0 Å². The van der Waals surface area contributed by atoms with Gasteiger partial charge in [0.25, 0.3) is 5.91 Å². The zero-order valence-corrected chi connectivity index (χ0v) is 16.8. The van der Waals surface area contributed by atoms with Gasteiger partial charge in [0, 0.05) is 38.4 Å². The number of rotatable bonds is 6. The summed E-state index contributed by atoms with van der Waals surface area (Å²) in [5.41, 5.74) is 0.807. The third kappa shape index (κ3) is 4.58. The summed E-state index contributed by atoms with van der Waals surface area (Å²) in [5.74, 6) is 0.0491. The molecule has 3 rings (SSSR count). The summed E-state index contributed by atoms with van der Waals surface area (Å²) in [7, 11) is 0. The van der Waals surface area contributed by atoms with Gasteiger partial charge in [-0.05, 0) is 30.5 Å². The van der Waals surface area contributed by atoms with Crippen molar-refractivity contribution in [2.24, 2.45) is 0 Å². The number of carbonyl (C=O) groups excluding carboxylic acids is 2. The molecule has 0 bridgehead atoms. The molecular weight excluding hydrogens is 372 g/mol. The first-order valence-electron chi connectivity index (χ1n) is 9.42. The van der Waals surface area contributed by atoms with Crippen molar-refractivity contribution < 1.29 is 9.59 Å². The molecule has 1 aromatic carbocycles. The van der Waals surface area contributed by atoms with Gasteiger partial charge in [-0.1, -0.05) is 24.3 Å². The summed E-state index contributed by atoms with van der Waals surface area (Å²) in [5, 5.41) is 10.9. The van der Waals surface area contributed by atoms with Gasteiger partial charge in [-0.15, -0.1) is 11.3 Å². The van der Waals surface area contributed by atoms with Gasteiger partial charge in [0.15, 0.2) is 0 Å². The lowest BCUT2D eigenvalue weighted by Gasteiger charge is -2.38. The Morgan fingerprint density at radius 1 is 1.14 bits per heavy atom. The molecule has 1 saturated heterocycles. The summed E-state index contributed by atoms with van der Waals surface area (Å²) in [6.45, 7) is 4.81. The first-order valence-corrected chi connectivity index (χ1v) is 10.3. The summed E-state index contributed by atoms with van der Waals surface area (Å²) in [6, 6.07) is 15.0. The topological polar surface area (TPSA) is 67.7 Å². The molecule has 0 unspecified atom stereocenters. The molecule has 2 aromatic rings. The van der Waals surface area contributed by atoms with Crippen LogP contribution in [0.4, 0.5) is 5.69 Å². The SMILES string of the molecule is C[C@H](C(=O)N(CCC#N)c1ccccc1)N1CCN(C(=O)c2cccs2)CC1. The highest BCUT2D eigenvalue weighted by Gasteiger charge is 2.30. The van der Waals surface area contributed by atoms with E-state index in [1.54, 1.807) is 4.90 Å². The number of hydrogen-bond donors (Lipinski definition) is 0. The third-order valence-electron chi connectivity index (χ3n) is 5.02. The van der Waals surface area contributed by atoms with Crippen molar-refractivity contribution in [2.45, 2.75) is 19.4 Å². The molecule has 7 heteroatoms. The van der Waals surface area contributed by atoms with E-state index < -0.39 is 0 Å². The Balaban J connectivity index is 1.62. The molecule has 6 nitrogen and oxygen atoms in total. The molecule has 0 N–H and O–H groups in total.